The molecule has 0 aromatic carbocycles. The molecule has 56 heavy (non-hydrogen) atoms. The first-order valence-electron chi connectivity index (χ1n) is 20.2. The van der Waals surface area contributed by atoms with Crippen molar-refractivity contribution in [3.8, 4) is 0 Å². The van der Waals surface area contributed by atoms with Crippen LogP contribution in [0, 0.1) is 16.2 Å². The summed E-state index contributed by atoms with van der Waals surface area (Å²) in [4.78, 5) is 78.8. The second-order valence-corrected chi connectivity index (χ2v) is 26.9. The molecular weight excluding hydrogens is 1170 g/mol. The molecule has 2 rings (SSSR count). The van der Waals surface area contributed by atoms with Gasteiger partial charge in [-0.3, -0.25) is 0 Å². The molecule has 2 heterocycles. The Bertz CT molecular complexity index is 1300. The van der Waals surface area contributed by atoms with Gasteiger partial charge in [0.25, 0.3) is 0 Å². The number of thiol groups is 3. The van der Waals surface area contributed by atoms with Gasteiger partial charge in [0, 0.05) is 0 Å². The number of hydrogen-bond donors (Lipinski definition) is 3. The van der Waals surface area contributed by atoms with Crippen molar-refractivity contribution in [3.63, 3.8) is 0 Å². The third kappa shape index (κ3) is 19.8. The van der Waals surface area contributed by atoms with E-state index in [4.69, 9.17) is 16.9 Å². The summed E-state index contributed by atoms with van der Waals surface area (Å²) in [6.45, 7) is 11.2. The Morgan fingerprint density at radius 3 is 1.57 bits per heavy atom. The Morgan fingerprint density at radius 1 is 0.661 bits per heavy atom. The fourth-order valence-electron chi connectivity index (χ4n) is 7.26. The maximum atomic E-state index is 13.8. The molecule has 2 fully saturated rings. The van der Waals surface area contributed by atoms with Crippen molar-refractivity contribution in [2.24, 2.45) is 16.2 Å². The minimum atomic E-state index is -4.37. The summed E-state index contributed by atoms with van der Waals surface area (Å²) in [5, 5.41) is -0.267. The first-order valence-corrected chi connectivity index (χ1v) is 30.3. The number of hydrogen-bond acceptors (Lipinski definition) is 15. The molecule has 6 atom stereocenters. The van der Waals surface area contributed by atoms with Gasteiger partial charge in [0.1, 0.15) is 0 Å². The molecule has 17 heteroatoms. The monoisotopic (exact) mass is 1240 g/mol. The molecule has 2 aliphatic rings. The van der Waals surface area contributed by atoms with Gasteiger partial charge in [-0.25, -0.2) is 0 Å². The van der Waals surface area contributed by atoms with Crippen LogP contribution in [0.25, 0.3) is 0 Å². The average Bonchev–Trinajstić information content (AvgIpc) is 3.07. The third-order valence-electron chi connectivity index (χ3n) is 10.3. The number of unbranched alkanes of at least 4 members (excludes halogenated alkanes) is 3. The average molecular weight is 1240 g/mol. The van der Waals surface area contributed by atoms with Crippen molar-refractivity contribution in [2.75, 3.05) is 0 Å². The third-order valence-corrected chi connectivity index (χ3v) is 18.6. The van der Waals surface area contributed by atoms with Gasteiger partial charge in [0.15, 0.2) is 0 Å². The number of carbonyl (C=O) groups is 6. The van der Waals surface area contributed by atoms with Crippen LogP contribution in [0.15, 0.2) is 0 Å². The molecule has 0 saturated carbocycles. The molecule has 0 spiro atoms. The van der Waals surface area contributed by atoms with Gasteiger partial charge in [-0.15, -0.1) is 0 Å². The van der Waals surface area contributed by atoms with Crippen LogP contribution in [0.4, 0.5) is 0 Å². The normalized spacial score (nSPS) is 25.8. The van der Waals surface area contributed by atoms with Gasteiger partial charge in [-0.1, -0.05) is 0 Å². The Hall–Kier alpha value is -0.364. The standard InChI is InChI=1S/3C13H24O4S.2Bi/c3*1-10(18)9-13(2,12(16)17)8-6-4-3-5-7-11(14)15;;/h3*10,18H,3-9H2,1-2H3,(H,14,15)(H,16,17);;/q;;;2*+3/p-6. The summed E-state index contributed by atoms with van der Waals surface area (Å²) in [6, 6.07) is 0. The van der Waals surface area contributed by atoms with E-state index in [1.165, 1.54) is 0 Å². The molecule has 0 amide bonds. The van der Waals surface area contributed by atoms with E-state index in [-0.39, 0.29) is 35.0 Å². The maximum absolute atomic E-state index is 13.8. The minimum absolute atomic E-state index is 0.0518. The molecule has 6 unspecified atom stereocenters. The van der Waals surface area contributed by atoms with Crippen LogP contribution in [0.2, 0.25) is 0 Å². The van der Waals surface area contributed by atoms with E-state index in [0.717, 1.165) is 38.5 Å². The fraction of sp³-hybridized carbons (Fsp3) is 0.846. The molecule has 2 aliphatic heterocycles. The zero-order valence-electron chi connectivity index (χ0n) is 34.2. The van der Waals surface area contributed by atoms with Crippen molar-refractivity contribution < 1.29 is 45.6 Å². The quantitative estimate of drug-likeness (QED) is 0.0772. The molecule has 0 aromatic rings. The Morgan fingerprint density at radius 2 is 1.11 bits per heavy atom. The molecule has 0 bridgehead atoms. The predicted octanol–water partition coefficient (Wildman–Crippen LogP) is 8.41. The Balaban J connectivity index is 2.00. The van der Waals surface area contributed by atoms with Gasteiger partial charge in [0.2, 0.25) is 0 Å². The second kappa shape index (κ2) is 26.1. The van der Waals surface area contributed by atoms with Crippen molar-refractivity contribution in [1.29, 1.82) is 0 Å². The topological polar surface area (TPSA) is 158 Å². The zero-order chi connectivity index (χ0) is 41.9. The molecule has 12 nitrogen and oxygen atoms in total. The van der Waals surface area contributed by atoms with Gasteiger partial charge >= 0.3 is 374 Å². The van der Waals surface area contributed by atoms with E-state index in [1.54, 1.807) is 6.92 Å². The second-order valence-electron chi connectivity index (χ2n) is 16.6. The van der Waals surface area contributed by atoms with Crippen LogP contribution in [0.1, 0.15) is 176 Å². The summed E-state index contributed by atoms with van der Waals surface area (Å²) < 4.78 is 34.0. The summed E-state index contributed by atoms with van der Waals surface area (Å²) in [5.74, 6) is -3.23. The van der Waals surface area contributed by atoms with E-state index in [1.807, 2.05) is 34.6 Å². The Labute approximate surface area is 370 Å². The summed E-state index contributed by atoms with van der Waals surface area (Å²) in [7, 11) is 0. The van der Waals surface area contributed by atoms with Crippen molar-refractivity contribution in [1.82, 2.24) is 0 Å². The van der Waals surface area contributed by atoms with Crippen LogP contribution in [0.5, 0.6) is 0 Å². The first-order chi connectivity index (χ1) is 26.3. The number of carbonyl (C=O) groups excluding carboxylic acids is 6. The molecule has 322 valence electrons. The van der Waals surface area contributed by atoms with Crippen LogP contribution >= 0.6 is 37.9 Å². The molecule has 0 N–H and O–H groups in total. The van der Waals surface area contributed by atoms with E-state index in [0.29, 0.717) is 77.0 Å². The van der Waals surface area contributed by atoms with E-state index in [9.17, 15) is 28.8 Å². The van der Waals surface area contributed by atoms with E-state index in [2.05, 4.69) is 37.9 Å². The first kappa shape index (κ1) is 51.8. The van der Waals surface area contributed by atoms with Crippen LogP contribution in [-0.4, -0.2) is 97.7 Å². The fourth-order valence-corrected chi connectivity index (χ4v) is 16.5. The van der Waals surface area contributed by atoms with Gasteiger partial charge in [-0.05, 0) is 0 Å². The summed E-state index contributed by atoms with van der Waals surface area (Å²) in [6.07, 6.45) is 12.2. The van der Waals surface area contributed by atoms with Gasteiger partial charge in [0.05, 0.1) is 0 Å². The Kier molecular flexibility index (Phi) is 24.1. The zero-order valence-corrected chi connectivity index (χ0v) is 43.9. The van der Waals surface area contributed by atoms with E-state index < -0.39 is 98.2 Å². The van der Waals surface area contributed by atoms with Crippen molar-refractivity contribution in [3.05, 3.63) is 0 Å². The molecule has 0 aromatic heterocycles. The van der Waals surface area contributed by atoms with E-state index >= 15 is 0 Å². The molecule has 0 aliphatic carbocycles. The van der Waals surface area contributed by atoms with Crippen molar-refractivity contribution in [2.45, 2.75) is 192 Å². The van der Waals surface area contributed by atoms with Crippen LogP contribution in [0.3, 0.4) is 0 Å². The molecular formula is C39H66Bi2O12S3. The summed E-state index contributed by atoms with van der Waals surface area (Å²) >= 11 is 4.97. The van der Waals surface area contributed by atoms with Gasteiger partial charge < -0.3 is 0 Å². The molecule has 2 saturated heterocycles. The summed E-state index contributed by atoms with van der Waals surface area (Å²) in [5.41, 5.74) is -2.66. The van der Waals surface area contributed by atoms with Gasteiger partial charge in [-0.2, -0.15) is 0 Å². The predicted molar refractivity (Wildman–Crippen MR) is 225 cm³/mol. The van der Waals surface area contributed by atoms with Crippen LogP contribution < -0.4 is 0 Å². The van der Waals surface area contributed by atoms with Crippen molar-refractivity contribution >= 4 is 120 Å². The SMILES string of the molecule is CC(S)CC1(C)CCCCCCC(=O)[O][Bi]([O]C(=O)CCCCCCC(C)(CC(C)S)C(=O)[O][Bi]2[O]C(=O)CCCCCCC(C)(CC(C)S)C(=O)[O]2)[O]C1=O. The number of rotatable bonds is 16. The van der Waals surface area contributed by atoms with Crippen LogP contribution in [-0.2, 0) is 45.6 Å². The molecule has 0 radical (unpaired) electrons.